The Morgan fingerprint density at radius 3 is 2.57 bits per heavy atom. The van der Waals surface area contributed by atoms with Crippen molar-refractivity contribution in [2.45, 2.75) is 97.0 Å². The molecule has 1 aromatic rings. The van der Waals surface area contributed by atoms with Crippen LogP contribution in [0.2, 0.25) is 0 Å². The van der Waals surface area contributed by atoms with Crippen LogP contribution in [0.1, 0.15) is 97.0 Å². The van der Waals surface area contributed by atoms with E-state index in [1.807, 2.05) is 26.0 Å². The van der Waals surface area contributed by atoms with Gasteiger partial charge in [0.1, 0.15) is 11.4 Å². The monoisotopic (exact) mass is 386 g/mol. The van der Waals surface area contributed by atoms with Gasteiger partial charge in [0.05, 0.1) is 5.41 Å². The number of esters is 1. The summed E-state index contributed by atoms with van der Waals surface area (Å²) in [5.74, 6) is 1.93. The Kier molecular flexibility index (Phi) is 6.41. The van der Waals surface area contributed by atoms with E-state index >= 15 is 0 Å². The number of phenolic OH excluding ortho intramolecular Hbond substituents is 1. The molecule has 3 heteroatoms. The number of carbonyl (C=O) groups is 1. The molecular formula is C25H38O3. The topological polar surface area (TPSA) is 46.5 Å². The van der Waals surface area contributed by atoms with Gasteiger partial charge in [-0.3, -0.25) is 4.79 Å². The number of aromatic hydroxyl groups is 1. The highest BCUT2D eigenvalue weighted by atomic mass is 16.6. The third-order valence-corrected chi connectivity index (χ3v) is 7.56. The number of hydrogen-bond acceptors (Lipinski definition) is 3. The molecule has 1 N–H and O–H groups in total. The fourth-order valence-electron chi connectivity index (χ4n) is 5.62. The molecule has 2 aliphatic rings. The third kappa shape index (κ3) is 4.39. The van der Waals surface area contributed by atoms with Crippen molar-refractivity contribution in [2.24, 2.45) is 17.3 Å². The van der Waals surface area contributed by atoms with Crippen molar-refractivity contribution in [1.29, 1.82) is 0 Å². The SMILES string of the molecule is CCC(CC(C)(C)C(=O)OC1(CC)CCC2CCCC1C2)c1ccc(O)cc1. The van der Waals surface area contributed by atoms with E-state index in [0.29, 0.717) is 5.92 Å². The van der Waals surface area contributed by atoms with E-state index < -0.39 is 5.41 Å². The van der Waals surface area contributed by atoms with Crippen LogP contribution in [0.15, 0.2) is 24.3 Å². The molecule has 0 radical (unpaired) electrons. The molecular weight excluding hydrogens is 348 g/mol. The van der Waals surface area contributed by atoms with E-state index in [-0.39, 0.29) is 23.2 Å². The Bertz CT molecular complexity index is 663. The van der Waals surface area contributed by atoms with Gasteiger partial charge in [-0.25, -0.2) is 0 Å². The van der Waals surface area contributed by atoms with Gasteiger partial charge in [-0.05, 0) is 94.2 Å². The van der Waals surface area contributed by atoms with Crippen LogP contribution in [0.5, 0.6) is 5.75 Å². The van der Waals surface area contributed by atoms with Crippen molar-refractivity contribution in [2.75, 3.05) is 0 Å². The highest BCUT2D eigenvalue weighted by Crippen LogP contribution is 2.50. The molecule has 3 rings (SSSR count). The van der Waals surface area contributed by atoms with Crippen molar-refractivity contribution < 1.29 is 14.6 Å². The van der Waals surface area contributed by atoms with Crippen molar-refractivity contribution in [3.63, 3.8) is 0 Å². The zero-order chi connectivity index (χ0) is 20.4. The van der Waals surface area contributed by atoms with Gasteiger partial charge in [0, 0.05) is 0 Å². The number of hydrogen-bond donors (Lipinski definition) is 1. The Morgan fingerprint density at radius 1 is 1.21 bits per heavy atom. The van der Waals surface area contributed by atoms with Gasteiger partial charge in [0.2, 0.25) is 0 Å². The zero-order valence-electron chi connectivity index (χ0n) is 18.2. The van der Waals surface area contributed by atoms with E-state index in [2.05, 4.69) is 13.8 Å². The van der Waals surface area contributed by atoms with Gasteiger partial charge in [0.25, 0.3) is 0 Å². The van der Waals surface area contributed by atoms with Crippen LogP contribution in [-0.4, -0.2) is 16.7 Å². The highest BCUT2D eigenvalue weighted by Gasteiger charge is 2.48. The number of carbonyl (C=O) groups excluding carboxylic acids is 1. The molecule has 4 atom stereocenters. The lowest BCUT2D eigenvalue weighted by molar-refractivity contribution is -0.187. The summed E-state index contributed by atoms with van der Waals surface area (Å²) >= 11 is 0. The summed E-state index contributed by atoms with van der Waals surface area (Å²) in [5.41, 5.74) is 0.414. The van der Waals surface area contributed by atoms with Crippen LogP contribution in [-0.2, 0) is 9.53 Å². The lowest BCUT2D eigenvalue weighted by atomic mass is 9.63. The molecule has 3 nitrogen and oxygen atoms in total. The van der Waals surface area contributed by atoms with Gasteiger partial charge < -0.3 is 9.84 Å². The van der Waals surface area contributed by atoms with Crippen molar-refractivity contribution >= 4 is 5.97 Å². The number of ether oxygens (including phenoxy) is 1. The van der Waals surface area contributed by atoms with Crippen LogP contribution in [0.4, 0.5) is 0 Å². The van der Waals surface area contributed by atoms with Crippen LogP contribution in [0, 0.1) is 17.3 Å². The number of fused-ring (bicyclic) bond motifs is 2. The van der Waals surface area contributed by atoms with E-state index in [0.717, 1.165) is 31.6 Å². The molecule has 0 heterocycles. The maximum atomic E-state index is 13.3. The largest absolute Gasteiger partial charge is 0.508 e. The standard InChI is InChI=1S/C25H38O3/c1-5-19(20-10-12-22(26)13-11-20)17-24(3,4)23(27)28-25(6-2)15-14-18-8-7-9-21(25)16-18/h10-13,18-19,21,26H,5-9,14-17H2,1-4H3. The summed E-state index contributed by atoms with van der Waals surface area (Å²) in [6, 6.07) is 7.41. The smallest absolute Gasteiger partial charge is 0.312 e. The summed E-state index contributed by atoms with van der Waals surface area (Å²) in [6.07, 6.45) is 10.0. The maximum absolute atomic E-state index is 13.3. The molecule has 0 saturated heterocycles. The molecule has 2 bridgehead atoms. The average molecular weight is 387 g/mol. The van der Waals surface area contributed by atoms with Gasteiger partial charge in [-0.1, -0.05) is 38.8 Å². The molecule has 1 aromatic carbocycles. The molecule has 0 aliphatic heterocycles. The first kappa shape index (κ1) is 21.2. The summed E-state index contributed by atoms with van der Waals surface area (Å²) in [4.78, 5) is 13.3. The fraction of sp³-hybridized carbons (Fsp3) is 0.720. The maximum Gasteiger partial charge on any atom is 0.312 e. The molecule has 0 aromatic heterocycles. The number of benzene rings is 1. The Labute approximate surface area is 170 Å². The van der Waals surface area contributed by atoms with E-state index in [1.54, 1.807) is 12.1 Å². The first-order chi connectivity index (χ1) is 13.3. The zero-order valence-corrected chi connectivity index (χ0v) is 18.2. The van der Waals surface area contributed by atoms with Crippen LogP contribution in [0.3, 0.4) is 0 Å². The molecule has 156 valence electrons. The number of rotatable bonds is 7. The van der Waals surface area contributed by atoms with E-state index in [1.165, 1.54) is 37.7 Å². The fourth-order valence-corrected chi connectivity index (χ4v) is 5.62. The summed E-state index contributed by atoms with van der Waals surface area (Å²) in [7, 11) is 0. The predicted octanol–water partition coefficient (Wildman–Crippen LogP) is 6.59. The molecule has 2 aliphatic carbocycles. The van der Waals surface area contributed by atoms with Gasteiger partial charge in [-0.15, -0.1) is 0 Å². The van der Waals surface area contributed by atoms with Gasteiger partial charge in [0.15, 0.2) is 0 Å². The Balaban J connectivity index is 1.71. The average Bonchev–Trinajstić information content (AvgIpc) is 2.69. The van der Waals surface area contributed by atoms with Crippen molar-refractivity contribution in [1.82, 2.24) is 0 Å². The quantitative estimate of drug-likeness (QED) is 0.537. The lowest BCUT2D eigenvalue weighted by Gasteiger charge is -2.49. The second kappa shape index (κ2) is 8.47. The second-order valence-electron chi connectivity index (χ2n) is 9.86. The van der Waals surface area contributed by atoms with Gasteiger partial charge >= 0.3 is 5.97 Å². The predicted molar refractivity (Wildman–Crippen MR) is 113 cm³/mol. The normalized spacial score (nSPS) is 28.6. The molecule has 2 saturated carbocycles. The number of phenols is 1. The minimum atomic E-state index is -0.522. The lowest BCUT2D eigenvalue weighted by Crippen LogP contribution is -2.49. The second-order valence-corrected chi connectivity index (χ2v) is 9.86. The molecule has 0 spiro atoms. The molecule has 4 unspecified atom stereocenters. The minimum Gasteiger partial charge on any atom is -0.508 e. The minimum absolute atomic E-state index is 0.0319. The van der Waals surface area contributed by atoms with E-state index in [4.69, 9.17) is 4.74 Å². The van der Waals surface area contributed by atoms with E-state index in [9.17, 15) is 9.90 Å². The molecule has 28 heavy (non-hydrogen) atoms. The third-order valence-electron chi connectivity index (χ3n) is 7.56. The van der Waals surface area contributed by atoms with Crippen LogP contribution >= 0.6 is 0 Å². The highest BCUT2D eigenvalue weighted by molar-refractivity contribution is 5.76. The van der Waals surface area contributed by atoms with Crippen molar-refractivity contribution in [3.05, 3.63) is 29.8 Å². The summed E-state index contributed by atoms with van der Waals surface area (Å²) < 4.78 is 6.40. The first-order valence-corrected chi connectivity index (χ1v) is 11.3. The van der Waals surface area contributed by atoms with Crippen LogP contribution in [0.25, 0.3) is 0 Å². The first-order valence-electron chi connectivity index (χ1n) is 11.3. The summed E-state index contributed by atoms with van der Waals surface area (Å²) in [5, 5.41) is 9.57. The van der Waals surface area contributed by atoms with Crippen molar-refractivity contribution in [3.8, 4) is 5.75 Å². The summed E-state index contributed by atoms with van der Waals surface area (Å²) in [6.45, 7) is 8.43. The van der Waals surface area contributed by atoms with Gasteiger partial charge in [-0.2, -0.15) is 0 Å². The van der Waals surface area contributed by atoms with Crippen LogP contribution < -0.4 is 0 Å². The molecule has 0 amide bonds. The Morgan fingerprint density at radius 2 is 1.93 bits per heavy atom. The molecule has 2 fully saturated rings. The Hall–Kier alpha value is -1.51.